The summed E-state index contributed by atoms with van der Waals surface area (Å²) < 4.78 is 0. The summed E-state index contributed by atoms with van der Waals surface area (Å²) in [4.78, 5) is 9.43. The second-order valence-corrected chi connectivity index (χ2v) is 8.42. The number of hydrogen-bond acceptors (Lipinski definition) is 4. The number of rotatable bonds is 11. The van der Waals surface area contributed by atoms with Crippen LogP contribution in [0.25, 0.3) is 10.8 Å². The Morgan fingerprint density at radius 1 is 0.933 bits per heavy atom. The normalized spacial score (nSPS) is 11.9. The maximum absolute atomic E-state index is 5.82. The summed E-state index contributed by atoms with van der Waals surface area (Å²) in [5.41, 5.74) is 3.06. The van der Waals surface area contributed by atoms with E-state index in [4.69, 9.17) is 4.84 Å². The van der Waals surface area contributed by atoms with E-state index in [2.05, 4.69) is 97.0 Å². The minimum absolute atomic E-state index is 0.619. The Morgan fingerprint density at radius 3 is 2.43 bits per heavy atom. The third-order valence-electron chi connectivity index (χ3n) is 5.23. The highest BCUT2D eigenvalue weighted by molar-refractivity contribution is 7.98. The third-order valence-corrected chi connectivity index (χ3v) is 5.98. The molecule has 158 valence electrons. The average Bonchev–Trinajstić information content (AvgIpc) is 2.80. The van der Waals surface area contributed by atoms with Crippen LogP contribution < -0.4 is 0 Å². The van der Waals surface area contributed by atoms with Gasteiger partial charge in [-0.2, -0.15) is 0 Å². The van der Waals surface area contributed by atoms with Crippen LogP contribution in [0.5, 0.6) is 0 Å². The first kappa shape index (κ1) is 22.4. The van der Waals surface area contributed by atoms with Crippen LogP contribution in [0, 0.1) is 0 Å². The van der Waals surface area contributed by atoms with E-state index in [0.717, 1.165) is 36.3 Å². The molecule has 0 spiro atoms. The lowest BCUT2D eigenvalue weighted by molar-refractivity contribution is 0.132. The van der Waals surface area contributed by atoms with Gasteiger partial charge in [-0.3, -0.25) is 0 Å². The fourth-order valence-corrected chi connectivity index (χ4v) is 3.90. The third kappa shape index (κ3) is 6.10. The molecule has 0 saturated carbocycles. The number of benzene rings is 3. The van der Waals surface area contributed by atoms with E-state index in [9.17, 15) is 0 Å². The Hall–Kier alpha value is -2.30. The minimum Gasteiger partial charge on any atom is -0.395 e. The lowest BCUT2D eigenvalue weighted by Gasteiger charge is -2.15. The molecule has 3 nitrogen and oxygen atoms in total. The highest BCUT2D eigenvalue weighted by atomic mass is 32.2. The Labute approximate surface area is 185 Å². The molecule has 0 amide bonds. The molecule has 3 rings (SSSR count). The zero-order chi connectivity index (χ0) is 21.2. The molecule has 0 N–H and O–H groups in total. The van der Waals surface area contributed by atoms with Crippen LogP contribution in [0.4, 0.5) is 0 Å². The molecule has 0 aromatic heterocycles. The number of fused-ring (bicyclic) bond motifs is 1. The second kappa shape index (κ2) is 11.8. The van der Waals surface area contributed by atoms with Gasteiger partial charge in [0.25, 0.3) is 0 Å². The molecule has 4 heteroatoms. The van der Waals surface area contributed by atoms with Gasteiger partial charge < -0.3 is 9.74 Å². The van der Waals surface area contributed by atoms with E-state index in [0.29, 0.717) is 6.61 Å². The average molecular weight is 421 g/mol. The topological polar surface area (TPSA) is 24.8 Å². The summed E-state index contributed by atoms with van der Waals surface area (Å²) in [7, 11) is 2.17. The highest BCUT2D eigenvalue weighted by Gasteiger charge is 2.12. The van der Waals surface area contributed by atoms with Gasteiger partial charge in [0.15, 0.2) is 0 Å². The van der Waals surface area contributed by atoms with Gasteiger partial charge in [0.1, 0.15) is 12.3 Å². The van der Waals surface area contributed by atoms with Crippen molar-refractivity contribution in [3.05, 3.63) is 77.9 Å². The number of hydrogen-bond donors (Lipinski definition) is 0. The summed E-state index contributed by atoms with van der Waals surface area (Å²) in [6.07, 6.45) is 5.54. The van der Waals surface area contributed by atoms with Crippen LogP contribution in [0.2, 0.25) is 0 Å². The van der Waals surface area contributed by atoms with Crippen LogP contribution in [0.15, 0.2) is 76.8 Å². The van der Waals surface area contributed by atoms with Gasteiger partial charge in [-0.15, -0.1) is 11.8 Å². The summed E-state index contributed by atoms with van der Waals surface area (Å²) in [6, 6.07) is 23.3. The van der Waals surface area contributed by atoms with Crippen LogP contribution in [-0.4, -0.2) is 43.6 Å². The molecule has 0 heterocycles. The number of nitrogens with zero attached hydrogens (tertiary/aromatic N) is 2. The molecule has 0 saturated heterocycles. The Morgan fingerprint density at radius 2 is 1.67 bits per heavy atom. The summed E-state index contributed by atoms with van der Waals surface area (Å²) in [5, 5.41) is 7.02. The van der Waals surface area contributed by atoms with Gasteiger partial charge in [-0.25, -0.2) is 0 Å². The molecule has 0 aliphatic heterocycles. The maximum atomic E-state index is 5.82. The second-order valence-electron chi connectivity index (χ2n) is 7.54. The summed E-state index contributed by atoms with van der Waals surface area (Å²) in [6.45, 7) is 5.02. The van der Waals surface area contributed by atoms with E-state index in [1.54, 1.807) is 11.8 Å². The smallest absolute Gasteiger partial charge is 0.118 e. The molecular weight excluding hydrogens is 388 g/mol. The first-order valence-electron chi connectivity index (χ1n) is 10.7. The Kier molecular flexibility index (Phi) is 8.79. The standard InChI is InChI=1S/C26H32N2OS/c1-4-5-18-28(2)19-9-20-29-27-26(22-14-16-23(30-3)17-15-22)25-13-8-11-21-10-6-7-12-24(21)25/h6-8,10-17H,4-5,9,18-20H2,1-3H3/b27-26-. The van der Waals surface area contributed by atoms with Gasteiger partial charge in [0, 0.05) is 22.6 Å². The molecule has 30 heavy (non-hydrogen) atoms. The van der Waals surface area contributed by atoms with Crippen molar-refractivity contribution in [1.82, 2.24) is 4.90 Å². The monoisotopic (exact) mass is 420 g/mol. The van der Waals surface area contributed by atoms with Crippen molar-refractivity contribution >= 4 is 28.2 Å². The number of oxime groups is 1. The lowest BCUT2D eigenvalue weighted by atomic mass is 9.97. The minimum atomic E-state index is 0.619. The summed E-state index contributed by atoms with van der Waals surface area (Å²) in [5.74, 6) is 0. The Bertz CT molecular complexity index is 947. The fourth-order valence-electron chi connectivity index (χ4n) is 3.49. The van der Waals surface area contributed by atoms with E-state index < -0.39 is 0 Å². The van der Waals surface area contributed by atoms with Gasteiger partial charge in [0.05, 0.1) is 0 Å². The predicted octanol–water partition coefficient (Wildman–Crippen LogP) is 6.45. The number of thioether (sulfide) groups is 1. The molecule has 0 atom stereocenters. The quantitative estimate of drug-likeness (QED) is 0.154. The van der Waals surface area contributed by atoms with Crippen LogP contribution in [0.3, 0.4) is 0 Å². The molecule has 3 aromatic rings. The molecule has 0 bridgehead atoms. The molecule has 0 unspecified atom stereocenters. The largest absolute Gasteiger partial charge is 0.395 e. The van der Waals surface area contributed by atoms with Crippen LogP contribution in [0.1, 0.15) is 37.3 Å². The van der Waals surface area contributed by atoms with E-state index in [-0.39, 0.29) is 0 Å². The first-order chi connectivity index (χ1) is 14.7. The van der Waals surface area contributed by atoms with E-state index >= 15 is 0 Å². The summed E-state index contributed by atoms with van der Waals surface area (Å²) >= 11 is 1.74. The molecule has 0 aliphatic carbocycles. The molecule has 0 radical (unpaired) electrons. The highest BCUT2D eigenvalue weighted by Crippen LogP contribution is 2.24. The molecular formula is C26H32N2OS. The molecule has 3 aromatic carbocycles. The van der Waals surface area contributed by atoms with Crippen molar-refractivity contribution in [1.29, 1.82) is 0 Å². The van der Waals surface area contributed by atoms with Crippen molar-refractivity contribution < 1.29 is 4.84 Å². The van der Waals surface area contributed by atoms with Gasteiger partial charge in [0.2, 0.25) is 0 Å². The van der Waals surface area contributed by atoms with Crippen molar-refractivity contribution in [2.75, 3.05) is 33.0 Å². The molecule has 0 aliphatic rings. The van der Waals surface area contributed by atoms with Crippen molar-refractivity contribution in [2.45, 2.75) is 31.1 Å². The predicted molar refractivity (Wildman–Crippen MR) is 131 cm³/mol. The zero-order valence-corrected chi connectivity index (χ0v) is 19.1. The van der Waals surface area contributed by atoms with Crippen molar-refractivity contribution in [3.63, 3.8) is 0 Å². The SMILES string of the molecule is CCCCN(C)CCCO/N=C(/c1ccc(SC)cc1)c1cccc2ccccc12. The van der Waals surface area contributed by atoms with Gasteiger partial charge >= 0.3 is 0 Å². The first-order valence-corrected chi connectivity index (χ1v) is 12.0. The van der Waals surface area contributed by atoms with E-state index in [1.165, 1.54) is 28.5 Å². The lowest BCUT2D eigenvalue weighted by Crippen LogP contribution is -2.21. The van der Waals surface area contributed by atoms with Crippen molar-refractivity contribution in [2.24, 2.45) is 5.16 Å². The zero-order valence-electron chi connectivity index (χ0n) is 18.3. The van der Waals surface area contributed by atoms with E-state index in [1.807, 2.05) is 0 Å². The van der Waals surface area contributed by atoms with Crippen LogP contribution >= 0.6 is 11.8 Å². The van der Waals surface area contributed by atoms with Gasteiger partial charge in [-0.05, 0) is 55.6 Å². The van der Waals surface area contributed by atoms with Gasteiger partial charge in [-0.1, -0.05) is 73.1 Å². The number of unbranched alkanes of at least 4 members (excludes halogenated alkanes) is 1. The van der Waals surface area contributed by atoms with Crippen LogP contribution in [-0.2, 0) is 4.84 Å². The Balaban J connectivity index is 1.80. The fraction of sp³-hybridized carbons (Fsp3) is 0.346. The van der Waals surface area contributed by atoms with Crippen molar-refractivity contribution in [3.8, 4) is 0 Å². The maximum Gasteiger partial charge on any atom is 0.118 e. The molecule has 0 fully saturated rings.